The molecule has 0 heterocycles. The second-order valence-electron chi connectivity index (χ2n) is 5.13. The van der Waals surface area contributed by atoms with Crippen molar-refractivity contribution in [1.29, 1.82) is 0 Å². The first kappa shape index (κ1) is 18.1. The third kappa shape index (κ3) is 4.63. The van der Waals surface area contributed by atoms with Gasteiger partial charge in [-0.3, -0.25) is 9.59 Å². The normalized spacial score (nSPS) is 10.2. The van der Waals surface area contributed by atoms with Crippen LogP contribution in [-0.2, 0) is 9.59 Å². The topological polar surface area (TPSA) is 61.4 Å². The van der Waals surface area contributed by atoms with Crippen molar-refractivity contribution in [1.82, 2.24) is 0 Å². The molecule has 0 radical (unpaired) electrons. The lowest BCUT2D eigenvalue weighted by Gasteiger charge is -2.15. The molecule has 2 amide bonds. The number of rotatable bonds is 5. The summed E-state index contributed by atoms with van der Waals surface area (Å²) in [7, 11) is 1.69. The molecule has 0 aromatic heterocycles. The van der Waals surface area contributed by atoms with Crippen molar-refractivity contribution in [2.75, 3.05) is 29.1 Å². The summed E-state index contributed by atoms with van der Waals surface area (Å²) in [6, 6.07) is 12.2. The fourth-order valence-electron chi connectivity index (χ4n) is 1.97. The Kier molecular flexibility index (Phi) is 6.06. The van der Waals surface area contributed by atoms with Crippen LogP contribution in [0.2, 0.25) is 10.0 Å². The fourth-order valence-corrected chi connectivity index (χ4v) is 2.34. The summed E-state index contributed by atoms with van der Waals surface area (Å²) in [4.78, 5) is 24.8. The molecule has 0 bridgehead atoms. The zero-order chi connectivity index (χ0) is 17.7. The molecule has 0 saturated carbocycles. The van der Waals surface area contributed by atoms with Gasteiger partial charge < -0.3 is 15.5 Å². The van der Waals surface area contributed by atoms with Crippen molar-refractivity contribution in [2.24, 2.45) is 0 Å². The first-order chi connectivity index (χ1) is 11.4. The monoisotopic (exact) mass is 365 g/mol. The minimum atomic E-state index is -0.223. The zero-order valence-corrected chi connectivity index (χ0v) is 14.8. The molecule has 0 unspecified atom stereocenters. The number of hydrogen-bond acceptors (Lipinski definition) is 3. The van der Waals surface area contributed by atoms with E-state index in [0.717, 1.165) is 5.69 Å². The third-order valence-electron chi connectivity index (χ3n) is 3.40. The lowest BCUT2D eigenvalue weighted by Crippen LogP contribution is -2.23. The van der Waals surface area contributed by atoms with Gasteiger partial charge in [0, 0.05) is 25.3 Å². The molecule has 2 aromatic rings. The molecule has 0 atom stereocenters. The second kappa shape index (κ2) is 8.04. The van der Waals surface area contributed by atoms with Crippen LogP contribution in [0.15, 0.2) is 42.5 Å². The van der Waals surface area contributed by atoms with Gasteiger partial charge in [0.25, 0.3) is 0 Å². The van der Waals surface area contributed by atoms with E-state index in [1.54, 1.807) is 49.5 Å². The highest BCUT2D eigenvalue weighted by Gasteiger charge is 2.08. The maximum Gasteiger partial charge on any atom is 0.243 e. The molecule has 0 aliphatic rings. The molecule has 2 aromatic carbocycles. The van der Waals surface area contributed by atoms with E-state index >= 15 is 0 Å². The summed E-state index contributed by atoms with van der Waals surface area (Å²) in [5, 5.41) is 6.50. The van der Waals surface area contributed by atoms with Gasteiger partial charge in [-0.2, -0.15) is 0 Å². The molecule has 7 heteroatoms. The van der Waals surface area contributed by atoms with Crippen molar-refractivity contribution in [2.45, 2.75) is 6.92 Å². The Hall–Kier alpha value is -2.24. The second-order valence-corrected chi connectivity index (χ2v) is 5.91. The fraction of sp³-hybridized carbons (Fsp3) is 0.176. The lowest BCUT2D eigenvalue weighted by molar-refractivity contribution is -0.116. The molecular weight excluding hydrogens is 349 g/mol. The Balaban J connectivity index is 1.93. The van der Waals surface area contributed by atoms with Crippen LogP contribution in [0.25, 0.3) is 0 Å². The van der Waals surface area contributed by atoms with E-state index in [1.165, 1.54) is 11.8 Å². The summed E-state index contributed by atoms with van der Waals surface area (Å²) in [5.74, 6) is -0.284. The minimum absolute atomic E-state index is 0.0508. The van der Waals surface area contributed by atoms with E-state index in [4.69, 9.17) is 23.2 Å². The summed E-state index contributed by atoms with van der Waals surface area (Å²) in [6.07, 6.45) is 0. The molecule has 0 fully saturated rings. The molecule has 0 saturated heterocycles. The highest BCUT2D eigenvalue weighted by molar-refractivity contribution is 6.43. The average Bonchev–Trinajstić information content (AvgIpc) is 2.56. The van der Waals surface area contributed by atoms with Gasteiger partial charge in [-0.15, -0.1) is 0 Å². The highest BCUT2D eigenvalue weighted by Crippen LogP contribution is 2.29. The molecule has 0 spiro atoms. The zero-order valence-electron chi connectivity index (χ0n) is 13.3. The first-order valence-electron chi connectivity index (χ1n) is 7.20. The minimum Gasteiger partial charge on any atom is -0.375 e. The van der Waals surface area contributed by atoms with Crippen LogP contribution in [-0.4, -0.2) is 25.4 Å². The van der Waals surface area contributed by atoms with Crippen molar-refractivity contribution in [3.8, 4) is 0 Å². The van der Waals surface area contributed by atoms with E-state index in [0.29, 0.717) is 21.4 Å². The summed E-state index contributed by atoms with van der Waals surface area (Å²) in [6.45, 7) is 1.54. The van der Waals surface area contributed by atoms with Crippen molar-refractivity contribution < 1.29 is 9.59 Å². The van der Waals surface area contributed by atoms with Crippen LogP contribution >= 0.6 is 23.2 Å². The highest BCUT2D eigenvalue weighted by atomic mass is 35.5. The predicted molar refractivity (Wildman–Crippen MR) is 99.1 cm³/mol. The Morgan fingerprint density at radius 3 is 2.38 bits per heavy atom. The number of halogens is 2. The SMILES string of the molecule is CC(=O)N(C)c1ccc(NC(=O)CNc2cccc(Cl)c2Cl)cc1. The standard InChI is InChI=1S/C17H17Cl2N3O2/c1-11(23)22(2)13-8-6-12(7-9-13)21-16(24)10-20-15-5-3-4-14(18)17(15)19/h3-9,20H,10H2,1-2H3,(H,21,24). The molecule has 126 valence electrons. The number of hydrogen-bond donors (Lipinski definition) is 2. The van der Waals surface area contributed by atoms with E-state index in [2.05, 4.69) is 10.6 Å². The number of nitrogens with zero attached hydrogens (tertiary/aromatic N) is 1. The third-order valence-corrected chi connectivity index (χ3v) is 4.22. The van der Waals surface area contributed by atoms with Crippen LogP contribution in [0.4, 0.5) is 17.1 Å². The molecule has 0 aliphatic heterocycles. The Bertz CT molecular complexity index is 748. The van der Waals surface area contributed by atoms with E-state index in [1.807, 2.05) is 0 Å². The molecule has 0 aliphatic carbocycles. The van der Waals surface area contributed by atoms with Crippen molar-refractivity contribution >= 4 is 52.1 Å². The summed E-state index contributed by atoms with van der Waals surface area (Å²) >= 11 is 12.0. The van der Waals surface area contributed by atoms with E-state index < -0.39 is 0 Å². The average molecular weight is 366 g/mol. The van der Waals surface area contributed by atoms with Crippen LogP contribution in [0, 0.1) is 0 Å². The van der Waals surface area contributed by atoms with Gasteiger partial charge in [0.1, 0.15) is 0 Å². The molecule has 2 N–H and O–H groups in total. The summed E-state index contributed by atoms with van der Waals surface area (Å²) in [5.41, 5.74) is 1.99. The smallest absolute Gasteiger partial charge is 0.243 e. The van der Waals surface area contributed by atoms with Gasteiger partial charge in [0.15, 0.2) is 0 Å². The molecule has 5 nitrogen and oxygen atoms in total. The lowest BCUT2D eigenvalue weighted by atomic mass is 10.2. The summed E-state index contributed by atoms with van der Waals surface area (Å²) < 4.78 is 0. The van der Waals surface area contributed by atoms with Gasteiger partial charge in [0.2, 0.25) is 11.8 Å². The molecular formula is C17H17Cl2N3O2. The van der Waals surface area contributed by atoms with Gasteiger partial charge >= 0.3 is 0 Å². The number of amides is 2. The number of anilines is 3. The van der Waals surface area contributed by atoms with Crippen molar-refractivity contribution in [3.63, 3.8) is 0 Å². The first-order valence-corrected chi connectivity index (χ1v) is 7.96. The van der Waals surface area contributed by atoms with Crippen LogP contribution < -0.4 is 15.5 Å². The van der Waals surface area contributed by atoms with E-state index in [9.17, 15) is 9.59 Å². The van der Waals surface area contributed by atoms with E-state index in [-0.39, 0.29) is 18.4 Å². The largest absolute Gasteiger partial charge is 0.375 e. The number of nitrogens with one attached hydrogen (secondary N) is 2. The van der Waals surface area contributed by atoms with Gasteiger partial charge in [-0.1, -0.05) is 29.3 Å². The van der Waals surface area contributed by atoms with Crippen LogP contribution in [0.3, 0.4) is 0 Å². The van der Waals surface area contributed by atoms with Gasteiger partial charge in [-0.25, -0.2) is 0 Å². The number of carbonyl (C=O) groups excluding carboxylic acids is 2. The van der Waals surface area contributed by atoms with Crippen LogP contribution in [0.1, 0.15) is 6.92 Å². The Morgan fingerprint density at radius 2 is 1.75 bits per heavy atom. The quantitative estimate of drug-likeness (QED) is 0.840. The predicted octanol–water partition coefficient (Wildman–Crippen LogP) is 4.03. The maximum absolute atomic E-state index is 12.0. The molecule has 24 heavy (non-hydrogen) atoms. The number of benzene rings is 2. The molecule has 2 rings (SSSR count). The Labute approximate surface area is 150 Å². The number of carbonyl (C=O) groups is 2. The Morgan fingerprint density at radius 1 is 1.08 bits per heavy atom. The van der Waals surface area contributed by atoms with Crippen LogP contribution in [0.5, 0.6) is 0 Å². The van der Waals surface area contributed by atoms with Gasteiger partial charge in [0.05, 0.1) is 22.3 Å². The maximum atomic E-state index is 12.0. The van der Waals surface area contributed by atoms with Gasteiger partial charge in [-0.05, 0) is 36.4 Å². The van der Waals surface area contributed by atoms with Crippen molar-refractivity contribution in [3.05, 3.63) is 52.5 Å².